The fourth-order valence-corrected chi connectivity index (χ4v) is 1.58. The van der Waals surface area contributed by atoms with Crippen LogP contribution in [0.3, 0.4) is 0 Å². The normalized spacial score (nSPS) is 10.4. The Balaban J connectivity index is 3.21. The molecule has 0 aliphatic rings. The molecule has 0 bridgehead atoms. The van der Waals surface area contributed by atoms with Crippen molar-refractivity contribution in [1.82, 2.24) is 0 Å². The van der Waals surface area contributed by atoms with Crippen LogP contribution in [-0.2, 0) is 9.53 Å². The number of Topliss-reactive ketones (excluding diaryl/α,β-unsaturated/α-hetero) is 1. The molecule has 0 aliphatic carbocycles. The van der Waals surface area contributed by atoms with Gasteiger partial charge in [-0.25, -0.2) is 4.79 Å². The first-order chi connectivity index (χ1) is 8.97. The summed E-state index contributed by atoms with van der Waals surface area (Å²) in [7, 11) is 0. The highest BCUT2D eigenvalue weighted by Crippen LogP contribution is 2.23. The Kier molecular flexibility index (Phi) is 4.93. The molecule has 0 aromatic heterocycles. The predicted molar refractivity (Wildman–Crippen MR) is 68.8 cm³/mol. The Hall–Kier alpha value is -2.50. The monoisotopic (exact) mass is 263 g/mol. The second kappa shape index (κ2) is 6.44. The summed E-state index contributed by atoms with van der Waals surface area (Å²) in [6.45, 7) is 3.14. The van der Waals surface area contributed by atoms with Crippen LogP contribution in [0.25, 0.3) is 6.08 Å². The number of carbonyl (C=O) groups is 2. The van der Waals surface area contributed by atoms with Crippen LogP contribution in [0, 0.1) is 10.1 Å². The lowest BCUT2D eigenvalue weighted by Crippen LogP contribution is -2.03. The Labute approximate surface area is 109 Å². The molecule has 6 nitrogen and oxygen atoms in total. The summed E-state index contributed by atoms with van der Waals surface area (Å²) in [6.07, 6.45) is 2.47. The van der Waals surface area contributed by atoms with E-state index < -0.39 is 16.7 Å². The lowest BCUT2D eigenvalue weighted by Gasteiger charge is -2.03. The third-order valence-corrected chi connectivity index (χ3v) is 2.31. The number of ether oxygens (including phenoxy) is 1. The summed E-state index contributed by atoms with van der Waals surface area (Å²) in [4.78, 5) is 32.9. The Bertz CT molecular complexity index is 548. The molecule has 0 heterocycles. The van der Waals surface area contributed by atoms with E-state index in [0.29, 0.717) is 5.56 Å². The smallest absolute Gasteiger partial charge is 0.330 e. The molecule has 0 radical (unpaired) electrons. The molecule has 0 atom stereocenters. The third-order valence-electron chi connectivity index (χ3n) is 2.31. The minimum absolute atomic E-state index is 0.0203. The van der Waals surface area contributed by atoms with Gasteiger partial charge in [-0.3, -0.25) is 14.9 Å². The summed E-state index contributed by atoms with van der Waals surface area (Å²) >= 11 is 0. The molecule has 0 saturated heterocycles. The zero-order chi connectivity index (χ0) is 14.4. The number of carbonyl (C=O) groups excluding carboxylic acids is 2. The van der Waals surface area contributed by atoms with Crippen molar-refractivity contribution in [2.75, 3.05) is 6.61 Å². The largest absolute Gasteiger partial charge is 0.463 e. The predicted octanol–water partition coefficient (Wildman–Crippen LogP) is 2.37. The van der Waals surface area contributed by atoms with Gasteiger partial charge in [0.1, 0.15) is 5.56 Å². The van der Waals surface area contributed by atoms with Crippen molar-refractivity contribution in [3.63, 3.8) is 0 Å². The van der Waals surface area contributed by atoms with E-state index in [9.17, 15) is 19.7 Å². The maximum absolute atomic E-state index is 11.5. The average molecular weight is 263 g/mol. The fraction of sp³-hybridized carbons (Fsp3) is 0.231. The van der Waals surface area contributed by atoms with E-state index in [1.54, 1.807) is 6.92 Å². The minimum atomic E-state index is -0.627. The molecule has 1 rings (SSSR count). The topological polar surface area (TPSA) is 86.5 Å². The molecule has 0 N–H and O–H groups in total. The van der Waals surface area contributed by atoms with Crippen LogP contribution in [0.15, 0.2) is 24.3 Å². The quantitative estimate of drug-likeness (QED) is 0.267. The number of benzene rings is 1. The number of nitro groups is 1. The van der Waals surface area contributed by atoms with Crippen molar-refractivity contribution in [2.45, 2.75) is 13.8 Å². The van der Waals surface area contributed by atoms with Crippen LogP contribution >= 0.6 is 0 Å². The van der Waals surface area contributed by atoms with Gasteiger partial charge in [-0.1, -0.05) is 12.1 Å². The summed E-state index contributed by atoms with van der Waals surface area (Å²) < 4.78 is 4.70. The van der Waals surface area contributed by atoms with Gasteiger partial charge in [0.25, 0.3) is 5.69 Å². The molecule has 0 spiro atoms. The van der Waals surface area contributed by atoms with Gasteiger partial charge in [0.2, 0.25) is 0 Å². The van der Waals surface area contributed by atoms with E-state index in [1.165, 1.54) is 31.2 Å². The Morgan fingerprint density at radius 2 is 2.11 bits per heavy atom. The van der Waals surface area contributed by atoms with Gasteiger partial charge in [-0.05, 0) is 25.5 Å². The first kappa shape index (κ1) is 14.6. The van der Waals surface area contributed by atoms with Crippen LogP contribution < -0.4 is 0 Å². The summed E-state index contributed by atoms with van der Waals surface area (Å²) in [5, 5.41) is 10.9. The van der Waals surface area contributed by atoms with E-state index in [-0.39, 0.29) is 17.9 Å². The van der Waals surface area contributed by atoms with E-state index in [4.69, 9.17) is 4.74 Å². The summed E-state index contributed by atoms with van der Waals surface area (Å²) in [5.74, 6) is -1.00. The van der Waals surface area contributed by atoms with E-state index in [0.717, 1.165) is 6.08 Å². The molecule has 0 aliphatic heterocycles. The van der Waals surface area contributed by atoms with E-state index in [1.807, 2.05) is 0 Å². The van der Waals surface area contributed by atoms with Gasteiger partial charge in [-0.2, -0.15) is 0 Å². The Morgan fingerprint density at radius 1 is 1.42 bits per heavy atom. The highest BCUT2D eigenvalue weighted by Gasteiger charge is 2.19. The van der Waals surface area contributed by atoms with Gasteiger partial charge in [0.15, 0.2) is 5.78 Å². The second-order valence-electron chi connectivity index (χ2n) is 3.64. The summed E-state index contributed by atoms with van der Waals surface area (Å²) in [6, 6.07) is 4.23. The van der Waals surface area contributed by atoms with Crippen molar-refractivity contribution in [3.8, 4) is 0 Å². The van der Waals surface area contributed by atoms with Crippen molar-refractivity contribution in [3.05, 3.63) is 45.5 Å². The van der Waals surface area contributed by atoms with Crippen molar-refractivity contribution < 1.29 is 19.2 Å². The van der Waals surface area contributed by atoms with Gasteiger partial charge in [0.05, 0.1) is 11.5 Å². The Morgan fingerprint density at radius 3 is 2.63 bits per heavy atom. The van der Waals surface area contributed by atoms with Gasteiger partial charge in [0, 0.05) is 12.1 Å². The summed E-state index contributed by atoms with van der Waals surface area (Å²) in [5.41, 5.74) is 0.0151. The van der Waals surface area contributed by atoms with E-state index in [2.05, 4.69) is 0 Å². The van der Waals surface area contributed by atoms with Crippen molar-refractivity contribution in [1.29, 1.82) is 0 Å². The second-order valence-corrected chi connectivity index (χ2v) is 3.64. The minimum Gasteiger partial charge on any atom is -0.463 e. The van der Waals surface area contributed by atoms with Crippen LogP contribution in [0.5, 0.6) is 0 Å². The zero-order valence-corrected chi connectivity index (χ0v) is 10.6. The SMILES string of the molecule is CCOC(=O)C=Cc1cccc([N+](=O)[O-])c1C(C)=O. The molecular formula is C13H13NO5. The number of esters is 1. The van der Waals surface area contributed by atoms with Gasteiger partial charge < -0.3 is 4.74 Å². The molecule has 0 saturated carbocycles. The maximum Gasteiger partial charge on any atom is 0.330 e. The van der Waals surface area contributed by atoms with Crippen LogP contribution in [-0.4, -0.2) is 23.3 Å². The maximum atomic E-state index is 11.5. The van der Waals surface area contributed by atoms with Gasteiger partial charge in [-0.15, -0.1) is 0 Å². The van der Waals surface area contributed by atoms with Crippen molar-refractivity contribution >= 4 is 23.5 Å². The number of rotatable bonds is 5. The average Bonchev–Trinajstić information content (AvgIpc) is 2.35. The number of nitro benzene ring substituents is 1. The van der Waals surface area contributed by atoms with Gasteiger partial charge >= 0.3 is 5.97 Å². The number of nitrogens with zero attached hydrogens (tertiary/aromatic N) is 1. The number of ketones is 1. The van der Waals surface area contributed by atoms with Crippen molar-refractivity contribution in [2.24, 2.45) is 0 Å². The standard InChI is InChI=1S/C13H13NO5/c1-3-19-12(16)8-7-10-5-4-6-11(14(17)18)13(10)9(2)15/h4-8H,3H2,1-2H3. The highest BCUT2D eigenvalue weighted by molar-refractivity contribution is 6.02. The molecule has 0 amide bonds. The molecule has 1 aromatic rings. The fourth-order valence-electron chi connectivity index (χ4n) is 1.58. The highest BCUT2D eigenvalue weighted by atomic mass is 16.6. The number of hydrogen-bond acceptors (Lipinski definition) is 5. The molecule has 100 valence electrons. The molecule has 0 fully saturated rings. The molecule has 19 heavy (non-hydrogen) atoms. The molecule has 0 unspecified atom stereocenters. The molecular weight excluding hydrogens is 250 g/mol. The van der Waals surface area contributed by atoms with Crippen LogP contribution in [0.1, 0.15) is 29.8 Å². The number of hydrogen-bond donors (Lipinski definition) is 0. The lowest BCUT2D eigenvalue weighted by atomic mass is 10.0. The van der Waals surface area contributed by atoms with E-state index >= 15 is 0 Å². The first-order valence-corrected chi connectivity index (χ1v) is 5.60. The first-order valence-electron chi connectivity index (χ1n) is 5.60. The molecule has 1 aromatic carbocycles. The lowest BCUT2D eigenvalue weighted by molar-refractivity contribution is -0.385. The molecule has 6 heteroatoms. The third kappa shape index (κ3) is 3.74. The van der Waals surface area contributed by atoms with Crippen LogP contribution in [0.2, 0.25) is 0 Å². The van der Waals surface area contributed by atoms with Crippen LogP contribution in [0.4, 0.5) is 5.69 Å². The zero-order valence-electron chi connectivity index (χ0n) is 10.6.